The van der Waals surface area contributed by atoms with Gasteiger partial charge < -0.3 is 5.48 Å². The first-order valence-corrected chi connectivity index (χ1v) is 3.49. The average molecular weight is 240 g/mol. The quantitative estimate of drug-likeness (QED) is 0.689. The van der Waals surface area contributed by atoms with Crippen LogP contribution in [-0.4, -0.2) is 25.1 Å². The van der Waals surface area contributed by atoms with E-state index in [-0.39, 0.29) is 23.7 Å². The number of aromatic nitrogens is 4. The van der Waals surface area contributed by atoms with E-state index < -0.39 is 31.7 Å². The maximum atomic E-state index is 7.58. The van der Waals surface area contributed by atoms with Crippen molar-refractivity contribution >= 4 is 18.2 Å². The standard InChI is InChI=1S/C9H12N4.ClH.H2O/c1-9(2,3)7-6-11-13-5-4-10-8(13)12-7;;/h4-6H,1-3H3;1H;1H2/i1D3,2D3,3D3;;. The molecule has 0 saturated carbocycles. The smallest absolute Gasteiger partial charge is 0.250 e. The molecule has 0 unspecified atom stereocenters. The van der Waals surface area contributed by atoms with E-state index in [1.807, 2.05) is 0 Å². The molecule has 15 heavy (non-hydrogen) atoms. The first kappa shape index (κ1) is 4.76. The van der Waals surface area contributed by atoms with Gasteiger partial charge >= 0.3 is 0 Å². The third-order valence-electron chi connectivity index (χ3n) is 1.51. The molecule has 0 fully saturated rings. The molecule has 2 N–H and O–H groups in total. The van der Waals surface area contributed by atoms with Gasteiger partial charge in [0.15, 0.2) is 0 Å². The molecule has 0 atom stereocenters. The van der Waals surface area contributed by atoms with Gasteiger partial charge in [0.2, 0.25) is 0 Å². The van der Waals surface area contributed by atoms with Crippen LogP contribution in [0.3, 0.4) is 0 Å². The van der Waals surface area contributed by atoms with E-state index in [4.69, 9.17) is 12.3 Å². The van der Waals surface area contributed by atoms with Gasteiger partial charge in [0, 0.05) is 23.9 Å². The average Bonchev–Trinajstić information content (AvgIpc) is 2.70. The molecule has 2 aromatic heterocycles. The highest BCUT2D eigenvalue weighted by atomic mass is 35.5. The Balaban J connectivity index is 0.00000264. The van der Waals surface area contributed by atoms with Crippen LogP contribution in [0.4, 0.5) is 0 Å². The van der Waals surface area contributed by atoms with Gasteiger partial charge in [-0.1, -0.05) is 20.6 Å². The second-order valence-electron chi connectivity index (χ2n) is 2.56. The molecule has 2 aromatic rings. The lowest BCUT2D eigenvalue weighted by atomic mass is 9.93. The highest BCUT2D eigenvalue weighted by Crippen LogP contribution is 2.18. The van der Waals surface area contributed by atoms with Gasteiger partial charge in [-0.15, -0.1) is 12.4 Å². The molecular formula is C9H15ClN4O. The van der Waals surface area contributed by atoms with Gasteiger partial charge in [-0.25, -0.2) is 14.5 Å². The largest absolute Gasteiger partial charge is 0.412 e. The number of imidazole rings is 1. The van der Waals surface area contributed by atoms with E-state index in [0.29, 0.717) is 0 Å². The Morgan fingerprint density at radius 1 is 1.40 bits per heavy atom. The van der Waals surface area contributed by atoms with Crippen molar-refractivity contribution in [3.8, 4) is 0 Å². The van der Waals surface area contributed by atoms with E-state index in [1.54, 1.807) is 0 Å². The number of hydrogen-bond donors (Lipinski definition) is 0. The molecule has 2 heterocycles. The molecule has 0 radical (unpaired) electrons. The Kier molecular flexibility index (Phi) is 1.44. The third kappa shape index (κ3) is 2.64. The van der Waals surface area contributed by atoms with E-state index in [0.717, 1.165) is 6.20 Å². The second-order valence-corrected chi connectivity index (χ2v) is 2.56. The number of fused-ring (bicyclic) bond motifs is 1. The molecule has 6 heteroatoms. The summed E-state index contributed by atoms with van der Waals surface area (Å²) in [5.74, 6) is -0.0837. The fourth-order valence-electron chi connectivity index (χ4n) is 0.893. The fraction of sp³-hybridized carbons (Fsp3) is 0.444. The van der Waals surface area contributed by atoms with Gasteiger partial charge in [-0.05, 0) is 0 Å². The minimum absolute atomic E-state index is 0. The third-order valence-corrected chi connectivity index (χ3v) is 1.51. The summed E-state index contributed by atoms with van der Waals surface area (Å²) in [4.78, 5) is 7.59. The zero-order valence-electron chi connectivity index (χ0n) is 16.4. The summed E-state index contributed by atoms with van der Waals surface area (Å²) in [7, 11) is 0. The molecule has 0 bridgehead atoms. The summed E-state index contributed by atoms with van der Waals surface area (Å²) in [6.07, 6.45) is 3.58. The van der Waals surface area contributed by atoms with Gasteiger partial charge in [-0.3, -0.25) is 0 Å². The maximum Gasteiger partial charge on any atom is 0.250 e. The van der Waals surface area contributed by atoms with Crippen LogP contribution in [0.2, 0.25) is 0 Å². The van der Waals surface area contributed by atoms with Crippen molar-refractivity contribution in [3.63, 3.8) is 0 Å². The second kappa shape index (κ2) is 4.55. The summed E-state index contributed by atoms with van der Waals surface area (Å²) in [6.45, 7) is -10.1. The normalized spacial score (nSPS) is 22.0. The number of hydrogen-bond acceptors (Lipinski definition) is 3. The monoisotopic (exact) mass is 239 g/mol. The van der Waals surface area contributed by atoms with Gasteiger partial charge in [0.05, 0.1) is 18.1 Å². The maximum absolute atomic E-state index is 7.58. The van der Waals surface area contributed by atoms with E-state index in [1.165, 1.54) is 16.9 Å². The highest BCUT2D eigenvalue weighted by molar-refractivity contribution is 5.85. The lowest BCUT2D eigenvalue weighted by Crippen LogP contribution is -2.15. The van der Waals surface area contributed by atoms with Crippen molar-refractivity contribution in [2.75, 3.05) is 0 Å². The van der Waals surface area contributed by atoms with E-state index in [2.05, 4.69) is 15.1 Å². The molecule has 0 aromatic carbocycles. The van der Waals surface area contributed by atoms with Crippen LogP contribution in [0.5, 0.6) is 0 Å². The molecule has 2 rings (SSSR count). The number of nitrogens with zero attached hydrogens (tertiary/aromatic N) is 4. The molecule has 0 spiro atoms. The summed E-state index contributed by atoms with van der Waals surface area (Å²) in [5, 5.41) is 3.79. The van der Waals surface area contributed by atoms with Crippen molar-refractivity contribution in [1.29, 1.82) is 0 Å². The van der Waals surface area contributed by atoms with Crippen LogP contribution in [0, 0.1) is 0 Å². The Hall–Kier alpha value is -1.20. The molecule has 0 aliphatic heterocycles. The van der Waals surface area contributed by atoms with Gasteiger partial charge in [-0.2, -0.15) is 5.10 Å². The minimum Gasteiger partial charge on any atom is -0.412 e. The van der Waals surface area contributed by atoms with Crippen LogP contribution in [0.25, 0.3) is 5.78 Å². The lowest BCUT2D eigenvalue weighted by Gasteiger charge is -2.16. The van der Waals surface area contributed by atoms with Crippen molar-refractivity contribution in [2.24, 2.45) is 0 Å². The SMILES string of the molecule is Cl.O.[2H]C([2H])([2H])C(c1cnn2ccnc2n1)(C([2H])([2H])[2H])C([2H])([2H])[2H]. The van der Waals surface area contributed by atoms with Crippen LogP contribution in [0.1, 0.15) is 38.6 Å². The predicted molar refractivity (Wildman–Crippen MR) is 60.3 cm³/mol. The summed E-state index contributed by atoms with van der Waals surface area (Å²) in [5.41, 5.74) is -3.82. The molecular weight excluding hydrogens is 216 g/mol. The molecule has 0 aliphatic rings. The van der Waals surface area contributed by atoms with Crippen LogP contribution < -0.4 is 0 Å². The van der Waals surface area contributed by atoms with Crippen LogP contribution in [0.15, 0.2) is 18.6 Å². The van der Waals surface area contributed by atoms with Gasteiger partial charge in [0.25, 0.3) is 5.78 Å². The highest BCUT2D eigenvalue weighted by Gasteiger charge is 2.16. The van der Waals surface area contributed by atoms with Crippen molar-refractivity contribution in [3.05, 3.63) is 24.3 Å². The number of halogens is 1. The summed E-state index contributed by atoms with van der Waals surface area (Å²) >= 11 is 0. The predicted octanol–water partition coefficient (Wildman–Crippen LogP) is 1.02. The molecule has 0 aliphatic carbocycles. The topological polar surface area (TPSA) is 74.6 Å². The summed E-state index contributed by atoms with van der Waals surface area (Å²) in [6, 6.07) is 0. The molecule has 0 saturated heterocycles. The Bertz CT molecular complexity index is 657. The Morgan fingerprint density at radius 2 is 2.13 bits per heavy atom. The zero-order chi connectivity index (χ0) is 17.0. The molecule has 0 amide bonds. The van der Waals surface area contributed by atoms with Crippen molar-refractivity contribution in [2.45, 2.75) is 26.0 Å². The van der Waals surface area contributed by atoms with Crippen molar-refractivity contribution in [1.82, 2.24) is 19.6 Å². The molecule has 5 nitrogen and oxygen atoms in total. The fourth-order valence-corrected chi connectivity index (χ4v) is 0.893. The van der Waals surface area contributed by atoms with E-state index in [9.17, 15) is 0 Å². The zero-order valence-corrected chi connectivity index (χ0v) is 8.25. The van der Waals surface area contributed by atoms with Crippen LogP contribution in [-0.2, 0) is 5.41 Å². The Morgan fingerprint density at radius 3 is 2.80 bits per heavy atom. The summed E-state index contributed by atoms with van der Waals surface area (Å²) < 4.78 is 69.4. The number of rotatable bonds is 0. The van der Waals surface area contributed by atoms with E-state index >= 15 is 0 Å². The Labute approximate surface area is 107 Å². The van der Waals surface area contributed by atoms with Gasteiger partial charge in [0.1, 0.15) is 0 Å². The van der Waals surface area contributed by atoms with Crippen LogP contribution >= 0.6 is 12.4 Å². The first-order valence-electron chi connectivity index (χ1n) is 7.99. The molecule has 84 valence electrons. The van der Waals surface area contributed by atoms with Crippen molar-refractivity contribution < 1.29 is 17.8 Å². The minimum atomic E-state index is -3.36. The lowest BCUT2D eigenvalue weighted by molar-refractivity contribution is 0.561. The first-order chi connectivity index (χ1) is 9.82.